The van der Waals surface area contributed by atoms with E-state index in [1.165, 1.54) is 4.90 Å². The predicted molar refractivity (Wildman–Crippen MR) is 75.8 cm³/mol. The standard InChI is InChI=1S/C15H23F3N2O3/c16-15(17,18)14(22)5-7-19(10-14)13(21)12-2-1-6-20(12)11-3-8-23-9-4-11/h11-12,22H,1-10H2/t12-,14+/m1/s1. The van der Waals surface area contributed by atoms with Gasteiger partial charge >= 0.3 is 6.18 Å². The number of amides is 1. The number of halogens is 3. The molecule has 3 heterocycles. The zero-order valence-electron chi connectivity index (χ0n) is 13.0. The third-order valence-corrected chi connectivity index (χ3v) is 5.33. The van der Waals surface area contributed by atoms with Gasteiger partial charge in [-0.2, -0.15) is 13.2 Å². The molecule has 1 N–H and O–H groups in total. The van der Waals surface area contributed by atoms with Crippen molar-refractivity contribution in [2.75, 3.05) is 32.8 Å². The summed E-state index contributed by atoms with van der Waals surface area (Å²) in [7, 11) is 0. The molecule has 0 bridgehead atoms. The van der Waals surface area contributed by atoms with Crippen LogP contribution in [0.15, 0.2) is 0 Å². The number of carbonyl (C=O) groups excluding carboxylic acids is 1. The molecule has 3 aliphatic heterocycles. The molecule has 3 saturated heterocycles. The van der Waals surface area contributed by atoms with Gasteiger partial charge < -0.3 is 14.7 Å². The van der Waals surface area contributed by atoms with Crippen LogP contribution in [-0.4, -0.2) is 77.5 Å². The van der Waals surface area contributed by atoms with E-state index >= 15 is 0 Å². The van der Waals surface area contributed by atoms with E-state index in [-0.39, 0.29) is 24.5 Å². The number of nitrogens with zero attached hydrogens (tertiary/aromatic N) is 2. The molecule has 0 aromatic heterocycles. The highest BCUT2D eigenvalue weighted by molar-refractivity contribution is 5.82. The Bertz CT molecular complexity index is 454. The molecule has 5 nitrogen and oxygen atoms in total. The molecule has 3 rings (SSSR count). The SMILES string of the molecule is O=C([C@H]1CCCN1C1CCOCC1)N1CC[C@@](O)(C(F)(F)F)C1. The van der Waals surface area contributed by atoms with Gasteiger partial charge in [0.15, 0.2) is 5.60 Å². The predicted octanol–water partition coefficient (Wildman–Crippen LogP) is 1.16. The summed E-state index contributed by atoms with van der Waals surface area (Å²) in [5.74, 6) is -0.269. The second kappa shape index (κ2) is 6.22. The Morgan fingerprint density at radius 1 is 1.17 bits per heavy atom. The molecule has 0 aromatic carbocycles. The van der Waals surface area contributed by atoms with Crippen molar-refractivity contribution in [3.05, 3.63) is 0 Å². The molecular formula is C15H23F3N2O3. The highest BCUT2D eigenvalue weighted by atomic mass is 19.4. The van der Waals surface area contributed by atoms with Gasteiger partial charge in [0.25, 0.3) is 0 Å². The zero-order chi connectivity index (χ0) is 16.7. The van der Waals surface area contributed by atoms with Gasteiger partial charge in [0, 0.05) is 32.2 Å². The second-order valence-corrected chi connectivity index (χ2v) is 6.78. The third-order valence-electron chi connectivity index (χ3n) is 5.33. The molecule has 132 valence electrons. The van der Waals surface area contributed by atoms with Gasteiger partial charge in [-0.1, -0.05) is 0 Å². The lowest BCUT2D eigenvalue weighted by atomic mass is 10.0. The number of carbonyl (C=O) groups is 1. The number of ether oxygens (including phenoxy) is 1. The minimum atomic E-state index is -4.70. The molecule has 1 amide bonds. The van der Waals surface area contributed by atoms with E-state index < -0.39 is 24.7 Å². The molecule has 2 atom stereocenters. The first kappa shape index (κ1) is 17.0. The van der Waals surface area contributed by atoms with Gasteiger partial charge in [0.1, 0.15) is 0 Å². The van der Waals surface area contributed by atoms with Crippen LogP contribution in [0.25, 0.3) is 0 Å². The highest BCUT2D eigenvalue weighted by Crippen LogP contribution is 2.38. The van der Waals surface area contributed by atoms with Crippen molar-refractivity contribution in [1.82, 2.24) is 9.80 Å². The first-order valence-electron chi connectivity index (χ1n) is 8.23. The first-order valence-corrected chi connectivity index (χ1v) is 8.23. The average Bonchev–Trinajstić information content (AvgIpc) is 3.14. The van der Waals surface area contributed by atoms with E-state index in [1.54, 1.807) is 0 Å². The van der Waals surface area contributed by atoms with Gasteiger partial charge in [-0.25, -0.2) is 0 Å². The summed E-state index contributed by atoms with van der Waals surface area (Å²) in [5, 5.41) is 9.76. The number of likely N-dealkylation sites (tertiary alicyclic amines) is 2. The summed E-state index contributed by atoms with van der Waals surface area (Å²) in [6.45, 7) is 1.46. The van der Waals surface area contributed by atoms with Crippen molar-refractivity contribution in [3.63, 3.8) is 0 Å². The second-order valence-electron chi connectivity index (χ2n) is 6.78. The highest BCUT2D eigenvalue weighted by Gasteiger charge is 2.58. The summed E-state index contributed by atoms with van der Waals surface area (Å²) in [6, 6.07) is -0.0852. The molecule has 0 saturated carbocycles. The average molecular weight is 336 g/mol. The Balaban J connectivity index is 1.66. The number of rotatable bonds is 2. The molecule has 0 aliphatic carbocycles. The molecule has 3 aliphatic rings. The lowest BCUT2D eigenvalue weighted by Gasteiger charge is -2.36. The zero-order valence-corrected chi connectivity index (χ0v) is 13.0. The summed E-state index contributed by atoms with van der Waals surface area (Å²) in [5.41, 5.74) is -2.76. The Hall–Kier alpha value is -0.860. The molecule has 23 heavy (non-hydrogen) atoms. The fourth-order valence-electron chi connectivity index (χ4n) is 3.93. The summed E-state index contributed by atoms with van der Waals surface area (Å²) in [6.07, 6.45) is -1.86. The van der Waals surface area contributed by atoms with Gasteiger partial charge in [0.05, 0.1) is 12.6 Å². The number of β-amino-alcohol motifs (C(OH)–C–C–N with tert-alkyl or cyclic N) is 1. The maximum absolute atomic E-state index is 12.9. The van der Waals surface area contributed by atoms with Crippen LogP contribution in [0, 0.1) is 0 Å². The summed E-state index contributed by atoms with van der Waals surface area (Å²) >= 11 is 0. The van der Waals surface area contributed by atoms with E-state index in [2.05, 4.69) is 4.90 Å². The lowest BCUT2D eigenvalue weighted by Crippen LogP contribution is -2.52. The largest absolute Gasteiger partial charge is 0.419 e. The van der Waals surface area contributed by atoms with Crippen LogP contribution in [-0.2, 0) is 9.53 Å². The smallest absolute Gasteiger partial charge is 0.381 e. The van der Waals surface area contributed by atoms with Crippen LogP contribution in [0.3, 0.4) is 0 Å². The van der Waals surface area contributed by atoms with Crippen molar-refractivity contribution < 1.29 is 27.8 Å². The quantitative estimate of drug-likeness (QED) is 0.822. The minimum Gasteiger partial charge on any atom is -0.381 e. The number of aliphatic hydroxyl groups is 1. The van der Waals surface area contributed by atoms with Crippen LogP contribution in [0.5, 0.6) is 0 Å². The van der Waals surface area contributed by atoms with E-state index in [4.69, 9.17) is 4.74 Å². The maximum atomic E-state index is 12.9. The molecule has 3 fully saturated rings. The van der Waals surface area contributed by atoms with E-state index in [9.17, 15) is 23.1 Å². The van der Waals surface area contributed by atoms with Gasteiger partial charge in [-0.15, -0.1) is 0 Å². The monoisotopic (exact) mass is 336 g/mol. The van der Waals surface area contributed by atoms with Crippen molar-refractivity contribution in [1.29, 1.82) is 0 Å². The summed E-state index contributed by atoms with van der Waals surface area (Å²) < 4.78 is 44.1. The van der Waals surface area contributed by atoms with E-state index in [0.717, 1.165) is 25.8 Å². The number of hydrogen-bond acceptors (Lipinski definition) is 4. The Labute approximate surface area is 133 Å². The molecule has 0 radical (unpaired) electrons. The van der Waals surface area contributed by atoms with Crippen molar-refractivity contribution >= 4 is 5.91 Å². The van der Waals surface area contributed by atoms with Gasteiger partial charge in [-0.05, 0) is 32.2 Å². The minimum absolute atomic E-state index is 0.0348. The Morgan fingerprint density at radius 3 is 2.48 bits per heavy atom. The number of alkyl halides is 3. The molecule has 0 spiro atoms. The molecular weight excluding hydrogens is 313 g/mol. The van der Waals surface area contributed by atoms with Gasteiger partial charge in [-0.3, -0.25) is 9.69 Å². The van der Waals surface area contributed by atoms with Crippen LogP contribution in [0.4, 0.5) is 13.2 Å². The summed E-state index contributed by atoms with van der Waals surface area (Å²) in [4.78, 5) is 16.0. The Morgan fingerprint density at radius 2 is 1.87 bits per heavy atom. The fraction of sp³-hybridized carbons (Fsp3) is 0.933. The van der Waals surface area contributed by atoms with Gasteiger partial charge in [0.2, 0.25) is 5.91 Å². The van der Waals surface area contributed by atoms with Crippen LogP contribution in [0.2, 0.25) is 0 Å². The van der Waals surface area contributed by atoms with E-state index in [0.29, 0.717) is 19.6 Å². The first-order chi connectivity index (χ1) is 10.8. The van der Waals surface area contributed by atoms with Crippen molar-refractivity contribution in [3.8, 4) is 0 Å². The lowest BCUT2D eigenvalue weighted by molar-refractivity contribution is -0.253. The maximum Gasteiger partial charge on any atom is 0.419 e. The van der Waals surface area contributed by atoms with E-state index in [1.807, 2.05) is 0 Å². The van der Waals surface area contributed by atoms with Crippen molar-refractivity contribution in [2.24, 2.45) is 0 Å². The van der Waals surface area contributed by atoms with Crippen LogP contribution in [0.1, 0.15) is 32.1 Å². The van der Waals surface area contributed by atoms with Crippen LogP contribution >= 0.6 is 0 Å². The topological polar surface area (TPSA) is 53.0 Å². The Kier molecular flexibility index (Phi) is 4.59. The molecule has 0 aromatic rings. The fourth-order valence-corrected chi connectivity index (χ4v) is 3.93. The third kappa shape index (κ3) is 3.21. The van der Waals surface area contributed by atoms with Crippen molar-refractivity contribution in [2.45, 2.75) is 56.0 Å². The van der Waals surface area contributed by atoms with Crippen LogP contribution < -0.4 is 0 Å². The molecule has 0 unspecified atom stereocenters. The molecule has 8 heteroatoms. The number of hydrogen-bond donors (Lipinski definition) is 1. The normalized spacial score (nSPS) is 34.3.